The van der Waals surface area contributed by atoms with Gasteiger partial charge < -0.3 is 4.57 Å². The van der Waals surface area contributed by atoms with Crippen LogP contribution in [0.5, 0.6) is 0 Å². The van der Waals surface area contributed by atoms with Gasteiger partial charge in [0.05, 0.1) is 24.2 Å². The molecule has 4 aromatic rings. The molecule has 0 saturated heterocycles. The molecule has 0 bridgehead atoms. The molecule has 2 aromatic carbocycles. The maximum Gasteiger partial charge on any atom is 0.236 e. The molecule has 4 rings (SSSR count). The predicted molar refractivity (Wildman–Crippen MR) is 117 cm³/mol. The average Bonchev–Trinajstić information content (AvgIpc) is 3.33. The number of carbonyl (C=O) groups excluding carboxylic acids is 1. The minimum atomic E-state index is -0.123. The van der Waals surface area contributed by atoms with E-state index < -0.39 is 0 Å². The number of aromatic nitrogens is 4. The Morgan fingerprint density at radius 3 is 2.48 bits per heavy atom. The number of nitrogens with zero attached hydrogens (tertiary/aromatic N) is 4. The van der Waals surface area contributed by atoms with Gasteiger partial charge in [0.25, 0.3) is 0 Å². The molecule has 0 radical (unpaired) electrons. The Morgan fingerprint density at radius 2 is 1.79 bits per heavy atom. The molecule has 2 heterocycles. The fourth-order valence-electron chi connectivity index (χ4n) is 2.86. The Labute approximate surface area is 177 Å². The summed E-state index contributed by atoms with van der Waals surface area (Å²) in [6.45, 7) is 2.54. The van der Waals surface area contributed by atoms with Gasteiger partial charge in [-0.3, -0.25) is 10.1 Å². The topological polar surface area (TPSA) is 72.7 Å². The molecular weight excluding hydrogens is 402 g/mol. The van der Waals surface area contributed by atoms with Crippen LogP contribution in [-0.4, -0.2) is 31.4 Å². The number of hydrogen-bond acceptors (Lipinski definition) is 6. The number of nitrogens with one attached hydrogen (secondary N) is 1. The van der Waals surface area contributed by atoms with Gasteiger partial charge in [-0.2, -0.15) is 0 Å². The first-order valence-electron chi connectivity index (χ1n) is 9.06. The van der Waals surface area contributed by atoms with Crippen LogP contribution in [-0.2, 0) is 11.3 Å². The van der Waals surface area contributed by atoms with E-state index >= 15 is 0 Å². The van der Waals surface area contributed by atoms with E-state index in [2.05, 4.69) is 49.3 Å². The summed E-state index contributed by atoms with van der Waals surface area (Å²) in [4.78, 5) is 16.9. The SMILES string of the molecule is Cc1nnc(NC(=O)CSc2ncc(-c3ccccc3)n2Cc2ccccc2)s1. The summed E-state index contributed by atoms with van der Waals surface area (Å²) < 4.78 is 2.15. The summed E-state index contributed by atoms with van der Waals surface area (Å²) in [5, 5.41) is 12.8. The zero-order valence-corrected chi connectivity index (χ0v) is 17.4. The standard InChI is InChI=1S/C21H19N5OS2/c1-15-24-25-20(29-15)23-19(27)14-28-21-22-12-18(17-10-6-3-7-11-17)26(21)13-16-8-4-2-5-9-16/h2-12H,13-14H2,1H3,(H,23,25,27). The summed E-state index contributed by atoms with van der Waals surface area (Å²) in [6, 6.07) is 20.4. The second-order valence-corrected chi connectivity index (χ2v) is 8.45. The van der Waals surface area contributed by atoms with E-state index in [9.17, 15) is 4.79 Å². The van der Waals surface area contributed by atoms with Gasteiger partial charge in [0.15, 0.2) is 5.16 Å². The Morgan fingerprint density at radius 1 is 1.07 bits per heavy atom. The highest BCUT2D eigenvalue weighted by atomic mass is 32.2. The zero-order valence-electron chi connectivity index (χ0n) is 15.8. The first-order valence-corrected chi connectivity index (χ1v) is 10.9. The fourth-order valence-corrected chi connectivity index (χ4v) is 4.25. The van der Waals surface area contributed by atoms with Crippen molar-refractivity contribution in [3.8, 4) is 11.3 Å². The van der Waals surface area contributed by atoms with Crippen LogP contribution in [0.4, 0.5) is 5.13 Å². The number of amides is 1. The molecular formula is C21H19N5OS2. The van der Waals surface area contributed by atoms with Gasteiger partial charge >= 0.3 is 0 Å². The van der Waals surface area contributed by atoms with E-state index in [1.165, 1.54) is 28.7 Å². The molecule has 2 aromatic heterocycles. The van der Waals surface area contributed by atoms with Gasteiger partial charge in [0, 0.05) is 0 Å². The van der Waals surface area contributed by atoms with Gasteiger partial charge in [-0.1, -0.05) is 83.8 Å². The molecule has 8 heteroatoms. The van der Waals surface area contributed by atoms with Crippen LogP contribution in [0, 0.1) is 6.92 Å². The summed E-state index contributed by atoms with van der Waals surface area (Å²) in [6.07, 6.45) is 1.87. The predicted octanol–water partition coefficient (Wildman–Crippen LogP) is 4.49. The van der Waals surface area contributed by atoms with Crippen LogP contribution in [0.2, 0.25) is 0 Å². The van der Waals surface area contributed by atoms with Crippen LogP contribution in [0.3, 0.4) is 0 Å². The van der Waals surface area contributed by atoms with Crippen LogP contribution in [0.25, 0.3) is 11.3 Å². The molecule has 0 aliphatic heterocycles. The van der Waals surface area contributed by atoms with E-state index in [4.69, 9.17) is 0 Å². The lowest BCUT2D eigenvalue weighted by Crippen LogP contribution is -2.14. The number of anilines is 1. The fraction of sp³-hybridized carbons (Fsp3) is 0.143. The monoisotopic (exact) mass is 421 g/mol. The molecule has 6 nitrogen and oxygen atoms in total. The molecule has 0 unspecified atom stereocenters. The Balaban J connectivity index is 1.54. The summed E-state index contributed by atoms with van der Waals surface area (Å²) >= 11 is 2.77. The van der Waals surface area contributed by atoms with Crippen molar-refractivity contribution in [3.05, 3.63) is 77.4 Å². The summed E-state index contributed by atoms with van der Waals surface area (Å²) in [7, 11) is 0. The van der Waals surface area contributed by atoms with Gasteiger partial charge in [-0.15, -0.1) is 10.2 Å². The van der Waals surface area contributed by atoms with Crippen molar-refractivity contribution in [2.45, 2.75) is 18.6 Å². The normalized spacial score (nSPS) is 10.8. The van der Waals surface area contributed by atoms with Crippen molar-refractivity contribution < 1.29 is 4.79 Å². The maximum atomic E-state index is 12.3. The molecule has 0 atom stereocenters. The van der Waals surface area contributed by atoms with E-state index in [1.807, 2.05) is 49.5 Å². The van der Waals surface area contributed by atoms with E-state index in [0.717, 1.165) is 21.4 Å². The van der Waals surface area contributed by atoms with Crippen molar-refractivity contribution in [1.29, 1.82) is 0 Å². The van der Waals surface area contributed by atoms with Crippen molar-refractivity contribution in [2.24, 2.45) is 0 Å². The van der Waals surface area contributed by atoms with Crippen LogP contribution >= 0.6 is 23.1 Å². The minimum absolute atomic E-state index is 0.123. The maximum absolute atomic E-state index is 12.3. The van der Waals surface area contributed by atoms with Crippen LogP contribution in [0.1, 0.15) is 10.6 Å². The quantitative estimate of drug-likeness (QED) is 0.445. The molecule has 0 fully saturated rings. The first kappa shape index (κ1) is 19.4. The zero-order chi connectivity index (χ0) is 20.1. The molecule has 146 valence electrons. The molecule has 0 aliphatic carbocycles. The Bertz CT molecular complexity index is 1090. The number of imidazole rings is 1. The average molecular weight is 422 g/mol. The second kappa shape index (κ2) is 9.02. The smallest absolute Gasteiger partial charge is 0.236 e. The van der Waals surface area contributed by atoms with E-state index in [-0.39, 0.29) is 11.7 Å². The highest BCUT2D eigenvalue weighted by Gasteiger charge is 2.15. The number of aryl methyl sites for hydroxylation is 1. The lowest BCUT2D eigenvalue weighted by atomic mass is 10.1. The lowest BCUT2D eigenvalue weighted by molar-refractivity contribution is -0.113. The second-order valence-electron chi connectivity index (χ2n) is 6.33. The number of thioether (sulfide) groups is 1. The van der Waals surface area contributed by atoms with Crippen molar-refractivity contribution in [3.63, 3.8) is 0 Å². The van der Waals surface area contributed by atoms with E-state index in [0.29, 0.717) is 11.7 Å². The molecule has 1 amide bonds. The van der Waals surface area contributed by atoms with Crippen LogP contribution < -0.4 is 5.32 Å². The Kier molecular flexibility index (Phi) is 6.02. The number of rotatable bonds is 7. The van der Waals surface area contributed by atoms with Crippen molar-refractivity contribution in [2.75, 3.05) is 11.1 Å². The Hall–Kier alpha value is -2.97. The van der Waals surface area contributed by atoms with E-state index in [1.54, 1.807) is 0 Å². The third-order valence-electron chi connectivity index (χ3n) is 4.18. The van der Waals surface area contributed by atoms with Gasteiger partial charge in [0.1, 0.15) is 5.01 Å². The van der Waals surface area contributed by atoms with Crippen molar-refractivity contribution >= 4 is 34.1 Å². The molecule has 1 N–H and O–H groups in total. The lowest BCUT2D eigenvalue weighted by Gasteiger charge is -2.12. The summed E-state index contributed by atoms with van der Waals surface area (Å²) in [5.74, 6) is 0.125. The highest BCUT2D eigenvalue weighted by Crippen LogP contribution is 2.27. The number of carbonyl (C=O) groups is 1. The molecule has 0 saturated carbocycles. The van der Waals surface area contributed by atoms with Gasteiger partial charge in [0.2, 0.25) is 11.0 Å². The van der Waals surface area contributed by atoms with Crippen LogP contribution in [0.15, 0.2) is 72.0 Å². The number of benzene rings is 2. The molecule has 29 heavy (non-hydrogen) atoms. The van der Waals surface area contributed by atoms with Gasteiger partial charge in [-0.25, -0.2) is 4.98 Å². The minimum Gasteiger partial charge on any atom is -0.314 e. The third kappa shape index (κ3) is 4.90. The molecule has 0 aliphatic rings. The van der Waals surface area contributed by atoms with Crippen molar-refractivity contribution in [1.82, 2.24) is 19.7 Å². The molecule has 0 spiro atoms. The highest BCUT2D eigenvalue weighted by molar-refractivity contribution is 7.99. The largest absolute Gasteiger partial charge is 0.314 e. The first-order chi connectivity index (χ1) is 14.2. The third-order valence-corrected chi connectivity index (χ3v) is 5.92. The van der Waals surface area contributed by atoms with Gasteiger partial charge in [-0.05, 0) is 18.1 Å². The number of hydrogen-bond donors (Lipinski definition) is 1. The summed E-state index contributed by atoms with van der Waals surface area (Å²) in [5.41, 5.74) is 3.30.